The molecule has 0 saturated heterocycles. The number of primary amides is 1. The van der Waals surface area contributed by atoms with Crippen LogP contribution in [-0.2, 0) is 4.79 Å². The highest BCUT2D eigenvalue weighted by molar-refractivity contribution is 5.87. The van der Waals surface area contributed by atoms with Crippen molar-refractivity contribution in [2.24, 2.45) is 5.73 Å². The third-order valence-electron chi connectivity index (χ3n) is 2.28. The van der Waals surface area contributed by atoms with Crippen molar-refractivity contribution in [3.05, 3.63) is 35.9 Å². The van der Waals surface area contributed by atoms with Gasteiger partial charge in [-0.05, 0) is 12.1 Å². The number of para-hydroxylation sites is 1. The number of carbonyl (C=O) groups is 1. The Morgan fingerprint density at radius 2 is 2.24 bits per heavy atom. The molecule has 0 unspecified atom stereocenters. The Bertz CT molecular complexity index is 615. The third-order valence-corrected chi connectivity index (χ3v) is 2.28. The van der Waals surface area contributed by atoms with Crippen LogP contribution in [0.3, 0.4) is 0 Å². The molecule has 0 radical (unpaired) electrons. The van der Waals surface area contributed by atoms with Crippen molar-refractivity contribution in [1.29, 1.82) is 5.26 Å². The Kier molecular flexibility index (Phi) is 2.88. The summed E-state index contributed by atoms with van der Waals surface area (Å²) in [5, 5.41) is 12.6. The zero-order valence-corrected chi connectivity index (χ0v) is 8.97. The molecule has 1 aromatic carbocycles. The Morgan fingerprint density at radius 1 is 1.47 bits per heavy atom. The Labute approximate surface area is 97.9 Å². The molecule has 5 nitrogen and oxygen atoms in total. The number of aromatic nitrogens is 1. The predicted molar refractivity (Wildman–Crippen MR) is 64.1 cm³/mol. The standard InChI is InChI=1S/C12H10N4O/c13-6-8-5-12(15-7-11(14)17)16-10-4-2-1-3-9(8)10/h1-5H,7H2,(H2,14,17)(H,15,16). The van der Waals surface area contributed by atoms with Crippen molar-refractivity contribution in [2.75, 3.05) is 11.9 Å². The maximum atomic E-state index is 10.7. The molecule has 17 heavy (non-hydrogen) atoms. The lowest BCUT2D eigenvalue weighted by Crippen LogP contribution is -2.22. The molecule has 0 aliphatic heterocycles. The van der Waals surface area contributed by atoms with E-state index < -0.39 is 5.91 Å². The fourth-order valence-electron chi connectivity index (χ4n) is 1.54. The molecule has 0 aliphatic rings. The number of hydrogen-bond donors (Lipinski definition) is 2. The molecule has 1 heterocycles. The SMILES string of the molecule is N#Cc1cc(NCC(N)=O)nc2ccccc12. The van der Waals surface area contributed by atoms with Gasteiger partial charge in [-0.25, -0.2) is 4.98 Å². The van der Waals surface area contributed by atoms with Gasteiger partial charge in [-0.1, -0.05) is 18.2 Å². The smallest absolute Gasteiger partial charge is 0.236 e. The predicted octanol–water partition coefficient (Wildman–Crippen LogP) is 1.00. The van der Waals surface area contributed by atoms with Gasteiger partial charge >= 0.3 is 0 Å². The number of fused-ring (bicyclic) bond motifs is 1. The van der Waals surface area contributed by atoms with E-state index in [4.69, 9.17) is 11.0 Å². The summed E-state index contributed by atoms with van der Waals surface area (Å²) < 4.78 is 0. The number of benzene rings is 1. The average Bonchev–Trinajstić information content (AvgIpc) is 2.35. The molecule has 2 aromatic rings. The molecule has 1 amide bonds. The number of rotatable bonds is 3. The van der Waals surface area contributed by atoms with Gasteiger partial charge in [0.05, 0.1) is 23.7 Å². The Morgan fingerprint density at radius 3 is 2.94 bits per heavy atom. The number of amides is 1. The highest BCUT2D eigenvalue weighted by atomic mass is 16.1. The lowest BCUT2D eigenvalue weighted by molar-refractivity contribution is -0.116. The third kappa shape index (κ3) is 2.32. The first kappa shape index (κ1) is 10.9. The van der Waals surface area contributed by atoms with Crippen molar-refractivity contribution in [1.82, 2.24) is 4.98 Å². The van der Waals surface area contributed by atoms with Crippen LogP contribution in [0.25, 0.3) is 10.9 Å². The lowest BCUT2D eigenvalue weighted by atomic mass is 10.1. The van der Waals surface area contributed by atoms with Crippen molar-refractivity contribution in [3.8, 4) is 6.07 Å². The van der Waals surface area contributed by atoms with Crippen LogP contribution in [0.15, 0.2) is 30.3 Å². The van der Waals surface area contributed by atoms with E-state index in [1.165, 1.54) is 0 Å². The minimum absolute atomic E-state index is 0.00376. The molecule has 5 heteroatoms. The summed E-state index contributed by atoms with van der Waals surface area (Å²) in [6.45, 7) is -0.00376. The van der Waals surface area contributed by atoms with Crippen LogP contribution in [-0.4, -0.2) is 17.4 Å². The zero-order chi connectivity index (χ0) is 12.3. The van der Waals surface area contributed by atoms with Crippen LogP contribution in [0.5, 0.6) is 0 Å². The van der Waals surface area contributed by atoms with E-state index in [1.54, 1.807) is 6.07 Å². The van der Waals surface area contributed by atoms with Crippen LogP contribution >= 0.6 is 0 Å². The summed E-state index contributed by atoms with van der Waals surface area (Å²) in [4.78, 5) is 14.9. The maximum Gasteiger partial charge on any atom is 0.236 e. The minimum Gasteiger partial charge on any atom is -0.368 e. The van der Waals surface area contributed by atoms with Crippen molar-refractivity contribution in [2.45, 2.75) is 0 Å². The number of hydrogen-bond acceptors (Lipinski definition) is 4. The van der Waals surface area contributed by atoms with Gasteiger partial charge < -0.3 is 11.1 Å². The van der Waals surface area contributed by atoms with Gasteiger partial charge in [0.1, 0.15) is 5.82 Å². The quantitative estimate of drug-likeness (QED) is 0.816. The van der Waals surface area contributed by atoms with Gasteiger partial charge in [-0.3, -0.25) is 4.79 Å². The van der Waals surface area contributed by atoms with Gasteiger partial charge in [0, 0.05) is 5.39 Å². The van der Waals surface area contributed by atoms with Crippen LogP contribution in [0, 0.1) is 11.3 Å². The van der Waals surface area contributed by atoms with E-state index in [1.807, 2.05) is 24.3 Å². The summed E-state index contributed by atoms with van der Waals surface area (Å²) in [7, 11) is 0. The van der Waals surface area contributed by atoms with E-state index in [0.717, 1.165) is 5.39 Å². The molecule has 0 saturated carbocycles. The van der Waals surface area contributed by atoms with E-state index in [0.29, 0.717) is 16.9 Å². The summed E-state index contributed by atoms with van der Waals surface area (Å²) >= 11 is 0. The second-order valence-corrected chi connectivity index (χ2v) is 3.50. The molecule has 2 rings (SSSR count). The average molecular weight is 226 g/mol. The maximum absolute atomic E-state index is 10.7. The molecule has 0 aliphatic carbocycles. The van der Waals surface area contributed by atoms with Gasteiger partial charge in [-0.2, -0.15) is 5.26 Å². The van der Waals surface area contributed by atoms with Gasteiger partial charge in [0.2, 0.25) is 5.91 Å². The number of nitriles is 1. The fourth-order valence-corrected chi connectivity index (χ4v) is 1.54. The topological polar surface area (TPSA) is 91.8 Å². The molecule has 0 spiro atoms. The summed E-state index contributed by atoms with van der Waals surface area (Å²) in [5.41, 5.74) is 6.25. The number of anilines is 1. The van der Waals surface area contributed by atoms with Gasteiger partial charge in [0.25, 0.3) is 0 Å². The molecule has 3 N–H and O–H groups in total. The fraction of sp³-hybridized carbons (Fsp3) is 0.0833. The summed E-state index contributed by atoms with van der Waals surface area (Å²) in [5.74, 6) is -0.00230. The first-order chi connectivity index (χ1) is 8.20. The first-order valence-corrected chi connectivity index (χ1v) is 5.03. The highest BCUT2D eigenvalue weighted by Gasteiger charge is 2.05. The Hall–Kier alpha value is -2.61. The zero-order valence-electron chi connectivity index (χ0n) is 8.97. The first-order valence-electron chi connectivity index (χ1n) is 5.03. The largest absolute Gasteiger partial charge is 0.368 e. The molecule has 1 aromatic heterocycles. The second-order valence-electron chi connectivity index (χ2n) is 3.50. The second kappa shape index (κ2) is 4.49. The van der Waals surface area contributed by atoms with Crippen molar-refractivity contribution >= 4 is 22.6 Å². The molecular formula is C12H10N4O. The normalized spacial score (nSPS) is 9.82. The van der Waals surface area contributed by atoms with Crippen molar-refractivity contribution in [3.63, 3.8) is 0 Å². The number of nitrogens with one attached hydrogen (secondary N) is 1. The lowest BCUT2D eigenvalue weighted by Gasteiger charge is -2.06. The van der Waals surface area contributed by atoms with Crippen LogP contribution in [0.2, 0.25) is 0 Å². The number of pyridine rings is 1. The highest BCUT2D eigenvalue weighted by Crippen LogP contribution is 2.19. The molecule has 0 fully saturated rings. The Balaban J connectivity index is 2.46. The van der Waals surface area contributed by atoms with E-state index in [9.17, 15) is 4.79 Å². The van der Waals surface area contributed by atoms with E-state index in [-0.39, 0.29) is 6.54 Å². The van der Waals surface area contributed by atoms with Crippen LogP contribution < -0.4 is 11.1 Å². The minimum atomic E-state index is -0.474. The van der Waals surface area contributed by atoms with E-state index in [2.05, 4.69) is 16.4 Å². The van der Waals surface area contributed by atoms with Gasteiger partial charge in [0.15, 0.2) is 0 Å². The molecule has 0 bridgehead atoms. The monoisotopic (exact) mass is 226 g/mol. The summed E-state index contributed by atoms with van der Waals surface area (Å²) in [6.07, 6.45) is 0. The van der Waals surface area contributed by atoms with Crippen LogP contribution in [0.1, 0.15) is 5.56 Å². The summed E-state index contributed by atoms with van der Waals surface area (Å²) in [6, 6.07) is 11.0. The van der Waals surface area contributed by atoms with Gasteiger partial charge in [-0.15, -0.1) is 0 Å². The molecular weight excluding hydrogens is 216 g/mol. The molecule has 0 atom stereocenters. The van der Waals surface area contributed by atoms with Crippen molar-refractivity contribution < 1.29 is 4.79 Å². The number of nitrogens with zero attached hydrogens (tertiary/aromatic N) is 2. The van der Waals surface area contributed by atoms with Crippen LogP contribution in [0.4, 0.5) is 5.82 Å². The molecule has 84 valence electrons. The number of nitrogens with two attached hydrogens (primary N) is 1. The number of carbonyl (C=O) groups excluding carboxylic acids is 1. The van der Waals surface area contributed by atoms with E-state index >= 15 is 0 Å².